The third kappa shape index (κ3) is 2.91. The van der Waals surface area contributed by atoms with E-state index in [9.17, 15) is 5.11 Å². The Bertz CT molecular complexity index is 1010. The standard InChI is InChI=1S/C18H19N7O/c1-24-8-7-19-18(24)15(13-5-3-2-4-6-13)23-16-14-11-22-25(9-10-26)17(14)21-12-20-16/h2-8,11-12,15,26H,9-10H2,1H3,(H,20,21,23)/t15-/m1/s1. The SMILES string of the molecule is Cn1ccnc1[C@H](Nc1ncnc2c1cnn2CCO)c1ccccc1. The van der Waals surface area contributed by atoms with E-state index in [2.05, 4.69) is 37.5 Å². The first kappa shape index (κ1) is 16.2. The molecule has 0 aliphatic carbocycles. The van der Waals surface area contributed by atoms with Gasteiger partial charge in [0.15, 0.2) is 5.65 Å². The van der Waals surface area contributed by atoms with Gasteiger partial charge in [-0.05, 0) is 5.56 Å². The molecule has 3 heterocycles. The lowest BCUT2D eigenvalue weighted by atomic mass is 10.1. The number of anilines is 1. The number of aryl methyl sites for hydroxylation is 1. The lowest BCUT2D eigenvalue weighted by Gasteiger charge is -2.20. The molecule has 0 aliphatic rings. The molecule has 1 aromatic carbocycles. The number of aliphatic hydroxyl groups is 1. The molecular weight excluding hydrogens is 330 g/mol. The second kappa shape index (κ2) is 6.93. The number of hydrogen-bond acceptors (Lipinski definition) is 6. The van der Waals surface area contributed by atoms with E-state index >= 15 is 0 Å². The van der Waals surface area contributed by atoms with Gasteiger partial charge in [-0.15, -0.1) is 0 Å². The number of rotatable bonds is 6. The van der Waals surface area contributed by atoms with Crippen molar-refractivity contribution in [2.45, 2.75) is 12.6 Å². The van der Waals surface area contributed by atoms with Crippen LogP contribution in [0.1, 0.15) is 17.4 Å². The molecule has 0 unspecified atom stereocenters. The Hall–Kier alpha value is -3.26. The van der Waals surface area contributed by atoms with Gasteiger partial charge in [0.2, 0.25) is 0 Å². The van der Waals surface area contributed by atoms with Crippen LogP contribution < -0.4 is 5.32 Å². The van der Waals surface area contributed by atoms with Crippen molar-refractivity contribution < 1.29 is 5.11 Å². The predicted molar refractivity (Wildman–Crippen MR) is 97.5 cm³/mol. The molecule has 0 saturated carbocycles. The smallest absolute Gasteiger partial charge is 0.163 e. The van der Waals surface area contributed by atoms with E-state index in [1.807, 2.05) is 36.0 Å². The Balaban J connectivity index is 1.77. The summed E-state index contributed by atoms with van der Waals surface area (Å²) < 4.78 is 3.65. The Labute approximate surface area is 150 Å². The predicted octanol–water partition coefficient (Wildman–Crippen LogP) is 1.75. The van der Waals surface area contributed by atoms with Crippen LogP contribution in [0.15, 0.2) is 55.2 Å². The molecular formula is C18H19N7O. The fourth-order valence-corrected chi connectivity index (χ4v) is 3.00. The Morgan fingerprint density at radius 1 is 1.15 bits per heavy atom. The van der Waals surface area contributed by atoms with E-state index in [-0.39, 0.29) is 12.6 Å². The Morgan fingerprint density at radius 3 is 2.73 bits per heavy atom. The van der Waals surface area contributed by atoms with E-state index in [0.717, 1.165) is 16.8 Å². The average molecular weight is 349 g/mol. The van der Waals surface area contributed by atoms with Gasteiger partial charge in [-0.25, -0.2) is 19.6 Å². The average Bonchev–Trinajstić information content (AvgIpc) is 3.28. The highest BCUT2D eigenvalue weighted by molar-refractivity contribution is 5.86. The number of aliphatic hydroxyl groups excluding tert-OH is 1. The van der Waals surface area contributed by atoms with E-state index in [4.69, 9.17) is 0 Å². The van der Waals surface area contributed by atoms with Crippen LogP contribution in [0, 0.1) is 0 Å². The quantitative estimate of drug-likeness (QED) is 0.551. The summed E-state index contributed by atoms with van der Waals surface area (Å²) in [6.07, 6.45) is 6.91. The molecule has 8 nitrogen and oxygen atoms in total. The molecule has 26 heavy (non-hydrogen) atoms. The van der Waals surface area contributed by atoms with Gasteiger partial charge in [-0.3, -0.25) is 0 Å². The normalized spacial score (nSPS) is 12.4. The molecule has 2 N–H and O–H groups in total. The number of nitrogens with zero attached hydrogens (tertiary/aromatic N) is 6. The van der Waals surface area contributed by atoms with Crippen molar-refractivity contribution in [2.24, 2.45) is 7.05 Å². The summed E-state index contributed by atoms with van der Waals surface area (Å²) in [4.78, 5) is 13.2. The summed E-state index contributed by atoms with van der Waals surface area (Å²) in [5.74, 6) is 1.56. The van der Waals surface area contributed by atoms with E-state index < -0.39 is 0 Å². The molecule has 0 fully saturated rings. The van der Waals surface area contributed by atoms with Gasteiger partial charge in [0, 0.05) is 19.4 Å². The van der Waals surface area contributed by atoms with Gasteiger partial charge in [-0.1, -0.05) is 30.3 Å². The molecule has 4 rings (SSSR count). The third-order valence-corrected chi connectivity index (χ3v) is 4.28. The lowest BCUT2D eigenvalue weighted by Crippen LogP contribution is -2.17. The first-order valence-electron chi connectivity index (χ1n) is 8.34. The monoisotopic (exact) mass is 349 g/mol. The zero-order valence-electron chi connectivity index (χ0n) is 14.3. The number of nitrogens with one attached hydrogen (secondary N) is 1. The van der Waals surface area contributed by atoms with Crippen molar-refractivity contribution in [3.63, 3.8) is 0 Å². The zero-order chi connectivity index (χ0) is 17.9. The second-order valence-corrected chi connectivity index (χ2v) is 5.94. The van der Waals surface area contributed by atoms with Crippen molar-refractivity contribution in [3.05, 3.63) is 66.6 Å². The van der Waals surface area contributed by atoms with Crippen LogP contribution in [0.4, 0.5) is 5.82 Å². The maximum atomic E-state index is 9.19. The highest BCUT2D eigenvalue weighted by Crippen LogP contribution is 2.27. The molecule has 0 aliphatic heterocycles. The third-order valence-electron chi connectivity index (χ3n) is 4.28. The molecule has 0 bridgehead atoms. The first-order chi connectivity index (χ1) is 12.8. The highest BCUT2D eigenvalue weighted by atomic mass is 16.3. The fraction of sp³-hybridized carbons (Fsp3) is 0.222. The molecule has 8 heteroatoms. The number of fused-ring (bicyclic) bond motifs is 1. The molecule has 0 amide bonds. The highest BCUT2D eigenvalue weighted by Gasteiger charge is 2.20. The van der Waals surface area contributed by atoms with Crippen LogP contribution >= 0.6 is 0 Å². The second-order valence-electron chi connectivity index (χ2n) is 5.94. The molecule has 4 aromatic rings. The van der Waals surface area contributed by atoms with Gasteiger partial charge in [0.1, 0.15) is 24.0 Å². The summed E-state index contributed by atoms with van der Waals surface area (Å²) in [6.45, 7) is 0.394. The maximum absolute atomic E-state index is 9.19. The van der Waals surface area contributed by atoms with Crippen molar-refractivity contribution >= 4 is 16.9 Å². The van der Waals surface area contributed by atoms with Gasteiger partial charge >= 0.3 is 0 Å². The summed E-state index contributed by atoms with van der Waals surface area (Å²) in [6, 6.07) is 9.93. The van der Waals surface area contributed by atoms with Crippen molar-refractivity contribution in [1.29, 1.82) is 0 Å². The number of imidazole rings is 1. The van der Waals surface area contributed by atoms with Crippen LogP contribution in [0.2, 0.25) is 0 Å². The summed E-state index contributed by atoms with van der Waals surface area (Å²) in [5, 5.41) is 17.8. The van der Waals surface area contributed by atoms with Gasteiger partial charge in [-0.2, -0.15) is 5.10 Å². The topological polar surface area (TPSA) is 93.7 Å². The number of aromatic nitrogens is 6. The van der Waals surface area contributed by atoms with Gasteiger partial charge in [0.25, 0.3) is 0 Å². The fourth-order valence-electron chi connectivity index (χ4n) is 3.00. The molecule has 3 aromatic heterocycles. The van der Waals surface area contributed by atoms with Crippen LogP contribution in [0.5, 0.6) is 0 Å². The van der Waals surface area contributed by atoms with Gasteiger partial charge < -0.3 is 15.0 Å². The lowest BCUT2D eigenvalue weighted by molar-refractivity contribution is 0.271. The van der Waals surface area contributed by atoms with Crippen molar-refractivity contribution in [3.8, 4) is 0 Å². The largest absolute Gasteiger partial charge is 0.394 e. The molecule has 0 saturated heterocycles. The van der Waals surface area contributed by atoms with Crippen molar-refractivity contribution in [1.82, 2.24) is 29.3 Å². The minimum absolute atomic E-state index is 0.00343. The first-order valence-corrected chi connectivity index (χ1v) is 8.34. The number of hydrogen-bond donors (Lipinski definition) is 2. The molecule has 1 atom stereocenters. The van der Waals surface area contributed by atoms with Crippen LogP contribution in [-0.2, 0) is 13.6 Å². The minimum atomic E-state index is -0.171. The van der Waals surface area contributed by atoms with Crippen LogP contribution in [-0.4, -0.2) is 41.0 Å². The molecule has 0 radical (unpaired) electrons. The summed E-state index contributed by atoms with van der Waals surface area (Å²) in [7, 11) is 1.97. The Morgan fingerprint density at radius 2 is 2.00 bits per heavy atom. The van der Waals surface area contributed by atoms with Crippen LogP contribution in [0.25, 0.3) is 11.0 Å². The molecule has 132 valence electrons. The number of benzene rings is 1. The van der Waals surface area contributed by atoms with Crippen molar-refractivity contribution in [2.75, 3.05) is 11.9 Å². The summed E-state index contributed by atoms with van der Waals surface area (Å²) in [5.41, 5.74) is 1.76. The maximum Gasteiger partial charge on any atom is 0.163 e. The van der Waals surface area contributed by atoms with Gasteiger partial charge in [0.05, 0.1) is 24.7 Å². The molecule has 0 spiro atoms. The van der Waals surface area contributed by atoms with E-state index in [1.54, 1.807) is 17.1 Å². The Kier molecular flexibility index (Phi) is 4.32. The zero-order valence-corrected chi connectivity index (χ0v) is 14.3. The van der Waals surface area contributed by atoms with E-state index in [0.29, 0.717) is 18.0 Å². The minimum Gasteiger partial charge on any atom is -0.394 e. The van der Waals surface area contributed by atoms with Crippen LogP contribution in [0.3, 0.4) is 0 Å². The summed E-state index contributed by atoms with van der Waals surface area (Å²) >= 11 is 0. The van der Waals surface area contributed by atoms with E-state index in [1.165, 1.54) is 6.33 Å².